The minimum Gasteiger partial charge on any atom is -0.480 e. The molecule has 1 rings (SSSR count). The molecule has 1 heterocycles. The predicted molar refractivity (Wildman–Crippen MR) is 48.3 cm³/mol. The smallest absolute Gasteiger partial charge is 0.232 e. The van der Waals surface area contributed by atoms with Gasteiger partial charge in [0, 0.05) is 17.7 Å². The second-order valence-corrected chi connectivity index (χ2v) is 2.48. The molecule has 1 aromatic heterocycles. The van der Waals surface area contributed by atoms with Crippen LogP contribution in [-0.2, 0) is 0 Å². The van der Waals surface area contributed by atoms with E-state index in [2.05, 4.69) is 16.8 Å². The standard InChI is InChI=1S/C9H5ClN2O/c1-13-9-8(10)5-7(6-12-9)3-2-4-11/h5-6H,1H3. The number of nitriles is 1. The van der Waals surface area contributed by atoms with Crippen LogP contribution in [0.2, 0.25) is 5.02 Å². The van der Waals surface area contributed by atoms with E-state index < -0.39 is 0 Å². The van der Waals surface area contributed by atoms with Gasteiger partial charge < -0.3 is 4.74 Å². The SMILES string of the molecule is COc1ncc(C#CC#N)cc1Cl. The molecule has 0 unspecified atom stereocenters. The average Bonchev–Trinajstić information content (AvgIpc) is 2.15. The van der Waals surface area contributed by atoms with Crippen molar-refractivity contribution in [2.75, 3.05) is 7.11 Å². The van der Waals surface area contributed by atoms with E-state index in [0.29, 0.717) is 16.5 Å². The fourth-order valence-electron chi connectivity index (χ4n) is 0.744. The summed E-state index contributed by atoms with van der Waals surface area (Å²) in [5, 5.41) is 8.58. The first-order chi connectivity index (χ1) is 6.27. The minimum absolute atomic E-state index is 0.351. The molecule has 0 aliphatic rings. The fraction of sp³-hybridized carbons (Fsp3) is 0.111. The van der Waals surface area contributed by atoms with Crippen molar-refractivity contribution in [2.45, 2.75) is 0 Å². The van der Waals surface area contributed by atoms with E-state index in [-0.39, 0.29) is 0 Å². The van der Waals surface area contributed by atoms with Crippen LogP contribution in [0.4, 0.5) is 0 Å². The Labute approximate surface area is 80.9 Å². The van der Waals surface area contributed by atoms with Crippen LogP contribution in [0, 0.1) is 23.2 Å². The largest absolute Gasteiger partial charge is 0.480 e. The van der Waals surface area contributed by atoms with E-state index >= 15 is 0 Å². The molecule has 0 aliphatic carbocycles. The third-order valence-electron chi connectivity index (χ3n) is 1.26. The van der Waals surface area contributed by atoms with Crippen molar-refractivity contribution >= 4 is 11.6 Å². The molecular weight excluding hydrogens is 188 g/mol. The second-order valence-electron chi connectivity index (χ2n) is 2.08. The van der Waals surface area contributed by atoms with E-state index in [9.17, 15) is 0 Å². The highest BCUT2D eigenvalue weighted by atomic mass is 35.5. The highest BCUT2D eigenvalue weighted by molar-refractivity contribution is 6.31. The lowest BCUT2D eigenvalue weighted by molar-refractivity contribution is 0.398. The summed E-state index contributed by atoms with van der Waals surface area (Å²) in [7, 11) is 1.48. The van der Waals surface area contributed by atoms with Gasteiger partial charge in [-0.25, -0.2) is 4.98 Å². The Kier molecular flexibility index (Phi) is 3.14. The maximum atomic E-state index is 8.20. The van der Waals surface area contributed by atoms with Gasteiger partial charge in [-0.05, 0) is 12.0 Å². The first-order valence-corrected chi connectivity index (χ1v) is 3.75. The molecular formula is C9H5ClN2O. The molecule has 1 aromatic rings. The van der Waals surface area contributed by atoms with Crippen molar-refractivity contribution in [3.8, 4) is 23.8 Å². The number of rotatable bonds is 1. The summed E-state index contributed by atoms with van der Waals surface area (Å²) in [6, 6.07) is 3.30. The quantitative estimate of drug-likeness (QED) is 0.636. The van der Waals surface area contributed by atoms with E-state index in [4.69, 9.17) is 21.6 Å². The fourth-order valence-corrected chi connectivity index (χ4v) is 0.988. The zero-order valence-electron chi connectivity index (χ0n) is 6.84. The highest BCUT2D eigenvalue weighted by Crippen LogP contribution is 2.21. The molecule has 3 nitrogen and oxygen atoms in total. The third-order valence-corrected chi connectivity index (χ3v) is 1.53. The van der Waals surface area contributed by atoms with Crippen LogP contribution in [0.15, 0.2) is 12.3 Å². The lowest BCUT2D eigenvalue weighted by Gasteiger charge is -1.99. The summed E-state index contributed by atoms with van der Waals surface area (Å²) < 4.78 is 4.85. The predicted octanol–water partition coefficient (Wildman–Crippen LogP) is 1.62. The molecule has 0 radical (unpaired) electrons. The number of pyridine rings is 1. The monoisotopic (exact) mass is 192 g/mol. The van der Waals surface area contributed by atoms with Gasteiger partial charge in [0.1, 0.15) is 5.02 Å². The van der Waals surface area contributed by atoms with Crippen molar-refractivity contribution in [2.24, 2.45) is 0 Å². The van der Waals surface area contributed by atoms with Gasteiger partial charge in [0.05, 0.1) is 7.11 Å². The zero-order chi connectivity index (χ0) is 9.68. The molecule has 0 saturated heterocycles. The molecule has 0 spiro atoms. The van der Waals surface area contributed by atoms with Crippen LogP contribution in [0.1, 0.15) is 5.56 Å². The van der Waals surface area contributed by atoms with Crippen LogP contribution >= 0.6 is 11.6 Å². The maximum Gasteiger partial charge on any atom is 0.232 e. The molecule has 0 N–H and O–H groups in total. The summed E-state index contributed by atoms with van der Waals surface area (Å²) in [5.41, 5.74) is 0.590. The number of aromatic nitrogens is 1. The summed E-state index contributed by atoms with van der Waals surface area (Å²) in [4.78, 5) is 3.88. The van der Waals surface area contributed by atoms with E-state index in [0.717, 1.165) is 0 Å². The van der Waals surface area contributed by atoms with Gasteiger partial charge in [-0.1, -0.05) is 11.6 Å². The number of hydrogen-bond acceptors (Lipinski definition) is 3. The first kappa shape index (κ1) is 9.38. The minimum atomic E-state index is 0.351. The van der Waals surface area contributed by atoms with Crippen LogP contribution < -0.4 is 4.74 Å². The van der Waals surface area contributed by atoms with Gasteiger partial charge >= 0.3 is 0 Å². The zero-order valence-corrected chi connectivity index (χ0v) is 7.59. The molecule has 0 atom stereocenters. The van der Waals surface area contributed by atoms with Crippen molar-refractivity contribution in [1.82, 2.24) is 4.98 Å². The van der Waals surface area contributed by atoms with Gasteiger partial charge in [-0.15, -0.1) is 0 Å². The molecule has 0 fully saturated rings. The van der Waals surface area contributed by atoms with Gasteiger partial charge in [0.15, 0.2) is 6.07 Å². The molecule has 4 heteroatoms. The van der Waals surface area contributed by atoms with Gasteiger partial charge in [-0.2, -0.15) is 5.26 Å². The van der Waals surface area contributed by atoms with E-state index in [1.165, 1.54) is 13.3 Å². The van der Waals surface area contributed by atoms with Gasteiger partial charge in [0.25, 0.3) is 0 Å². The average molecular weight is 193 g/mol. The molecule has 0 amide bonds. The number of hydrogen-bond donors (Lipinski definition) is 0. The molecule has 0 aliphatic heterocycles. The summed E-state index contributed by atoms with van der Waals surface area (Å²) in [6.45, 7) is 0. The highest BCUT2D eigenvalue weighted by Gasteiger charge is 2.00. The Morgan fingerprint density at radius 2 is 2.38 bits per heavy atom. The van der Waals surface area contributed by atoms with Crippen LogP contribution in [0.25, 0.3) is 0 Å². The van der Waals surface area contributed by atoms with Crippen LogP contribution in [0.3, 0.4) is 0 Å². The molecule has 0 saturated carbocycles. The van der Waals surface area contributed by atoms with Crippen LogP contribution in [0.5, 0.6) is 5.88 Å². The molecule has 0 aromatic carbocycles. The van der Waals surface area contributed by atoms with Crippen molar-refractivity contribution in [3.05, 3.63) is 22.8 Å². The Bertz CT molecular complexity index is 412. The lowest BCUT2D eigenvalue weighted by atomic mass is 10.3. The Morgan fingerprint density at radius 3 is 2.92 bits per heavy atom. The third kappa shape index (κ3) is 2.37. The number of methoxy groups -OCH3 is 1. The Balaban J connectivity index is 3.04. The summed E-state index contributed by atoms with van der Waals surface area (Å²) in [5.74, 6) is 5.17. The molecule has 0 bridgehead atoms. The Morgan fingerprint density at radius 1 is 1.62 bits per heavy atom. The number of ether oxygens (including phenoxy) is 1. The van der Waals surface area contributed by atoms with Crippen LogP contribution in [-0.4, -0.2) is 12.1 Å². The van der Waals surface area contributed by atoms with Crippen molar-refractivity contribution in [3.63, 3.8) is 0 Å². The first-order valence-electron chi connectivity index (χ1n) is 3.37. The van der Waals surface area contributed by atoms with Gasteiger partial charge in [0.2, 0.25) is 5.88 Å². The molecule has 64 valence electrons. The normalized spacial score (nSPS) is 8.08. The lowest BCUT2D eigenvalue weighted by Crippen LogP contribution is -1.88. The van der Waals surface area contributed by atoms with E-state index in [1.54, 1.807) is 12.1 Å². The summed E-state index contributed by atoms with van der Waals surface area (Å²) in [6.07, 6.45) is 1.50. The summed E-state index contributed by atoms with van der Waals surface area (Å²) >= 11 is 5.77. The van der Waals surface area contributed by atoms with E-state index in [1.807, 2.05) is 0 Å². The molecule has 13 heavy (non-hydrogen) atoms. The number of nitrogens with zero attached hydrogens (tertiary/aromatic N) is 2. The maximum absolute atomic E-state index is 8.20. The Hall–Kier alpha value is -1.71. The topological polar surface area (TPSA) is 45.9 Å². The van der Waals surface area contributed by atoms with Gasteiger partial charge in [-0.3, -0.25) is 0 Å². The van der Waals surface area contributed by atoms with Crippen molar-refractivity contribution in [1.29, 1.82) is 5.26 Å². The van der Waals surface area contributed by atoms with Crippen molar-refractivity contribution < 1.29 is 4.74 Å². The second kappa shape index (κ2) is 4.35. The number of halogens is 1.